The van der Waals surface area contributed by atoms with Crippen molar-refractivity contribution in [1.82, 2.24) is 0 Å². The molecule has 0 amide bonds. The first-order chi connectivity index (χ1) is 6.54. The Morgan fingerprint density at radius 1 is 1.36 bits per heavy atom. The van der Waals surface area contributed by atoms with Crippen LogP contribution in [-0.4, -0.2) is 23.4 Å². The predicted octanol–water partition coefficient (Wildman–Crippen LogP) is -0.285. The quantitative estimate of drug-likeness (QED) is 0.608. The minimum atomic E-state index is -3.57. The fourth-order valence-electron chi connectivity index (χ4n) is 0.851. The van der Waals surface area contributed by atoms with Crippen LogP contribution in [0.15, 0.2) is 29.2 Å². The second-order valence-electron chi connectivity index (χ2n) is 2.51. The van der Waals surface area contributed by atoms with E-state index < -0.39 is 10.0 Å². The van der Waals surface area contributed by atoms with Crippen molar-refractivity contribution in [2.45, 2.75) is 10.2 Å². The molecule has 0 aliphatic heterocycles. The molecule has 1 rings (SSSR count). The Kier molecular flexibility index (Phi) is 3.73. The summed E-state index contributed by atoms with van der Waals surface area (Å²) in [5.41, 5.74) is 0. The van der Waals surface area contributed by atoms with Crippen LogP contribution in [-0.2, 0) is 10.0 Å². The Labute approximate surface area is 89.9 Å². The average Bonchev–Trinajstić information content (AvgIpc) is 2.14. The Morgan fingerprint density at radius 3 is 2.36 bits per heavy atom. The molecule has 0 aromatic heterocycles. The van der Waals surface area contributed by atoms with Crippen LogP contribution in [0.2, 0.25) is 5.32 Å². The zero-order valence-corrected chi connectivity index (χ0v) is 9.83. The van der Waals surface area contributed by atoms with E-state index >= 15 is 0 Å². The maximum absolute atomic E-state index is 10.9. The van der Waals surface area contributed by atoms with Gasteiger partial charge in [0.15, 0.2) is 0 Å². The molecule has 0 aliphatic rings. The Balaban J connectivity index is 2.86. The third-order valence-electron chi connectivity index (χ3n) is 1.47. The number of hydrogen-bond acceptors (Lipinski definition) is 2. The summed E-state index contributed by atoms with van der Waals surface area (Å²) >= 11 is 0.214. The normalized spacial score (nSPS) is 10.9. The number of sulfonamides is 1. The molecular formula is C9H9NO2SSe. The van der Waals surface area contributed by atoms with Crippen LogP contribution in [0.3, 0.4) is 0 Å². The minimum absolute atomic E-state index is 0.137. The van der Waals surface area contributed by atoms with E-state index in [2.05, 4.69) is 5.92 Å². The molecule has 5 heteroatoms. The number of nitrogens with two attached hydrogens (primary N) is 1. The molecule has 3 nitrogen and oxygen atoms in total. The van der Waals surface area contributed by atoms with Gasteiger partial charge in [0.1, 0.15) is 0 Å². The summed E-state index contributed by atoms with van der Waals surface area (Å²) in [6, 6.07) is 6.50. The Bertz CT molecular complexity index is 445. The van der Waals surface area contributed by atoms with Gasteiger partial charge in [-0.05, 0) is 0 Å². The van der Waals surface area contributed by atoms with Gasteiger partial charge in [-0.2, -0.15) is 0 Å². The molecule has 2 N–H and O–H groups in total. The van der Waals surface area contributed by atoms with Gasteiger partial charge in [-0.3, -0.25) is 0 Å². The molecule has 0 saturated heterocycles. The summed E-state index contributed by atoms with van der Waals surface area (Å²) in [4.78, 5) is 0.137. The van der Waals surface area contributed by atoms with Gasteiger partial charge in [0, 0.05) is 0 Å². The molecule has 74 valence electrons. The number of rotatable bonds is 3. The van der Waals surface area contributed by atoms with E-state index in [1.165, 1.54) is 12.1 Å². The standard InChI is InChI=1S/C9H9NO2SSe/c1-2-7-14-9-5-3-8(4-6-9)13(10,11)12/h1,3-6H,7H2,(H2,10,11,12). The van der Waals surface area contributed by atoms with Crippen LogP contribution < -0.4 is 9.60 Å². The number of terminal acetylenes is 1. The van der Waals surface area contributed by atoms with Crippen molar-refractivity contribution in [3.8, 4) is 12.3 Å². The van der Waals surface area contributed by atoms with Crippen molar-refractivity contribution in [2.24, 2.45) is 5.14 Å². The molecule has 1 aromatic rings. The molecule has 0 atom stereocenters. The van der Waals surface area contributed by atoms with E-state index in [1.54, 1.807) is 12.1 Å². The SMILES string of the molecule is C#CC[Se]c1ccc(S(N)(=O)=O)cc1. The number of primary sulfonamides is 1. The van der Waals surface area contributed by atoms with Gasteiger partial charge in [0.05, 0.1) is 0 Å². The molecule has 0 bridgehead atoms. The second-order valence-corrected chi connectivity index (χ2v) is 6.27. The van der Waals surface area contributed by atoms with Gasteiger partial charge >= 0.3 is 89.8 Å². The third-order valence-corrected chi connectivity index (χ3v) is 4.33. The first-order valence-corrected chi connectivity index (χ1v) is 7.34. The summed E-state index contributed by atoms with van der Waals surface area (Å²) in [6.07, 6.45) is 5.13. The van der Waals surface area contributed by atoms with E-state index in [0.29, 0.717) is 5.32 Å². The molecule has 0 aliphatic carbocycles. The second kappa shape index (κ2) is 4.63. The Morgan fingerprint density at radius 2 is 1.93 bits per heavy atom. The van der Waals surface area contributed by atoms with Crippen LogP contribution >= 0.6 is 0 Å². The third kappa shape index (κ3) is 3.17. The monoisotopic (exact) mass is 275 g/mol. The van der Waals surface area contributed by atoms with Crippen molar-refractivity contribution < 1.29 is 8.42 Å². The summed E-state index contributed by atoms with van der Waals surface area (Å²) in [5, 5.41) is 5.66. The van der Waals surface area contributed by atoms with Gasteiger partial charge in [0.25, 0.3) is 0 Å². The zero-order chi connectivity index (χ0) is 10.6. The number of hydrogen-bond donors (Lipinski definition) is 1. The van der Waals surface area contributed by atoms with Crippen molar-refractivity contribution in [2.75, 3.05) is 0 Å². The van der Waals surface area contributed by atoms with Gasteiger partial charge in [-0.15, -0.1) is 0 Å². The fourth-order valence-corrected chi connectivity index (χ4v) is 2.58. The summed E-state index contributed by atoms with van der Waals surface area (Å²) in [6.45, 7) is 0. The molecule has 0 unspecified atom stereocenters. The predicted molar refractivity (Wildman–Crippen MR) is 56.8 cm³/mol. The molecular weight excluding hydrogens is 265 g/mol. The van der Waals surface area contributed by atoms with Gasteiger partial charge < -0.3 is 0 Å². The van der Waals surface area contributed by atoms with Gasteiger partial charge in [0.2, 0.25) is 0 Å². The molecule has 0 saturated carbocycles. The van der Waals surface area contributed by atoms with Crippen molar-refractivity contribution in [3.05, 3.63) is 24.3 Å². The van der Waals surface area contributed by atoms with Crippen LogP contribution in [0.1, 0.15) is 0 Å². The molecule has 0 heterocycles. The van der Waals surface area contributed by atoms with Crippen LogP contribution in [0.5, 0.6) is 0 Å². The molecule has 14 heavy (non-hydrogen) atoms. The zero-order valence-electron chi connectivity index (χ0n) is 7.30. The average molecular weight is 274 g/mol. The molecule has 0 fully saturated rings. The van der Waals surface area contributed by atoms with E-state index in [1.807, 2.05) is 0 Å². The van der Waals surface area contributed by atoms with Gasteiger partial charge in [-0.1, -0.05) is 0 Å². The fraction of sp³-hybridized carbons (Fsp3) is 0.111. The van der Waals surface area contributed by atoms with E-state index in [0.717, 1.165) is 4.46 Å². The van der Waals surface area contributed by atoms with Crippen LogP contribution in [0.25, 0.3) is 0 Å². The van der Waals surface area contributed by atoms with Crippen molar-refractivity contribution in [3.63, 3.8) is 0 Å². The summed E-state index contributed by atoms with van der Waals surface area (Å²) in [7, 11) is -3.57. The topological polar surface area (TPSA) is 60.2 Å². The van der Waals surface area contributed by atoms with E-state index in [9.17, 15) is 8.42 Å². The number of benzene rings is 1. The van der Waals surface area contributed by atoms with E-state index in [4.69, 9.17) is 11.6 Å². The van der Waals surface area contributed by atoms with Crippen LogP contribution in [0, 0.1) is 12.3 Å². The Hall–Kier alpha value is -0.791. The molecule has 0 spiro atoms. The van der Waals surface area contributed by atoms with Crippen LogP contribution in [0.4, 0.5) is 0 Å². The summed E-state index contributed by atoms with van der Waals surface area (Å²) < 4.78 is 22.9. The van der Waals surface area contributed by atoms with Crippen molar-refractivity contribution >= 4 is 29.4 Å². The first-order valence-electron chi connectivity index (χ1n) is 3.73. The first kappa shape index (κ1) is 11.3. The molecule has 0 radical (unpaired) electrons. The van der Waals surface area contributed by atoms with Gasteiger partial charge in [-0.25, -0.2) is 0 Å². The molecule has 1 aromatic carbocycles. The van der Waals surface area contributed by atoms with E-state index in [-0.39, 0.29) is 19.9 Å². The maximum atomic E-state index is 10.9. The summed E-state index contributed by atoms with van der Waals surface area (Å²) in [5.74, 6) is 2.55. The van der Waals surface area contributed by atoms with Crippen molar-refractivity contribution in [1.29, 1.82) is 0 Å².